The van der Waals surface area contributed by atoms with E-state index in [-0.39, 0.29) is 17.2 Å². The standard InChI is InChI=1S/C20H29N5O15P2S/c1-2-3-20(32)15(31)10(37-16(20)8-4-22-18-17(21)23-7-24-25(8)18)6-36-42(35,43)40-41(33,34)39-19-13(30)11(28)12(29)14(38-19)9(27)5-26/h3-4,7,9-16,19,26-32H,1,5-6H2,(H,33,34)(H,35,43)(H2,21,23,24)/t9-,10+,11?,12?,13?,14?,15+,16-,19?,20+,42?/m0/s1. The topological polar surface area (TPSA) is 314 Å². The first-order chi connectivity index (χ1) is 20.0. The molecular formula is C20H29N5O15P2S. The van der Waals surface area contributed by atoms with Crippen LogP contribution in [0.3, 0.4) is 0 Å². The minimum absolute atomic E-state index is 0.00758. The average Bonchev–Trinajstić information content (AvgIpc) is 3.46. The molecule has 240 valence electrons. The van der Waals surface area contributed by atoms with Crippen LogP contribution >= 0.6 is 14.5 Å². The number of nitrogens with zero attached hydrogens (tertiary/aromatic N) is 4. The van der Waals surface area contributed by atoms with Gasteiger partial charge in [0.05, 0.1) is 25.1 Å². The van der Waals surface area contributed by atoms with Crippen molar-refractivity contribution in [1.82, 2.24) is 19.6 Å². The molecule has 0 aliphatic carbocycles. The van der Waals surface area contributed by atoms with Gasteiger partial charge in [-0.25, -0.2) is 23.4 Å². The first-order valence-electron chi connectivity index (χ1n) is 12.1. The fourth-order valence-electron chi connectivity index (χ4n) is 4.46. The summed E-state index contributed by atoms with van der Waals surface area (Å²) in [5.74, 6) is 0.00758. The number of imidazole rings is 1. The molecule has 4 rings (SSSR count). The minimum atomic E-state index is -5.49. The highest BCUT2D eigenvalue weighted by Gasteiger charge is 2.56. The van der Waals surface area contributed by atoms with Crippen molar-refractivity contribution in [3.8, 4) is 0 Å². The van der Waals surface area contributed by atoms with Gasteiger partial charge >= 0.3 is 14.5 Å². The predicted molar refractivity (Wildman–Crippen MR) is 142 cm³/mol. The molecule has 43 heavy (non-hydrogen) atoms. The monoisotopic (exact) mass is 673 g/mol. The van der Waals surface area contributed by atoms with E-state index in [9.17, 15) is 45.0 Å². The number of hydrogen-bond acceptors (Lipinski definition) is 18. The SMILES string of the molecule is C=C=C[C@@]1(O)[C@H](O)[C@@H](COP(O)(=S)OP(=O)(O)OC2OC([C@@H](O)CO)C(O)C(O)C2O)O[C@H]1c1cnc2c(N)ncnn12. The second kappa shape index (κ2) is 12.9. The smallest absolute Gasteiger partial charge is 0.394 e. The largest absolute Gasteiger partial charge is 0.481 e. The Bertz CT molecular complexity index is 1460. The highest BCUT2D eigenvalue weighted by atomic mass is 32.5. The van der Waals surface area contributed by atoms with Gasteiger partial charge in [-0.15, -0.1) is 5.73 Å². The molecule has 0 spiro atoms. The second-order valence-corrected chi connectivity index (χ2v) is 13.8. The van der Waals surface area contributed by atoms with Crippen LogP contribution in [0.4, 0.5) is 5.82 Å². The maximum atomic E-state index is 12.6. The summed E-state index contributed by atoms with van der Waals surface area (Å²) in [4.78, 5) is 28.5. The van der Waals surface area contributed by atoms with Crippen LogP contribution in [0.15, 0.2) is 30.9 Å². The average molecular weight is 673 g/mol. The van der Waals surface area contributed by atoms with E-state index >= 15 is 0 Å². The number of aromatic nitrogens is 4. The van der Waals surface area contributed by atoms with Crippen LogP contribution in [0, 0.1) is 0 Å². The van der Waals surface area contributed by atoms with Gasteiger partial charge in [0.1, 0.15) is 55.2 Å². The normalized spacial score (nSPS) is 36.5. The zero-order chi connectivity index (χ0) is 31.9. The van der Waals surface area contributed by atoms with Crippen LogP contribution in [0.5, 0.6) is 0 Å². The summed E-state index contributed by atoms with van der Waals surface area (Å²) in [6.45, 7) is -3.13. The van der Waals surface area contributed by atoms with Gasteiger partial charge in [-0.05, 0) is 17.9 Å². The van der Waals surface area contributed by atoms with Crippen molar-refractivity contribution in [3.05, 3.63) is 36.6 Å². The van der Waals surface area contributed by atoms with Gasteiger partial charge in [-0.3, -0.25) is 4.52 Å². The molecule has 0 bridgehead atoms. The third-order valence-electron chi connectivity index (χ3n) is 6.53. The maximum Gasteiger partial charge on any atom is 0.481 e. The molecule has 2 aromatic rings. The quantitative estimate of drug-likeness (QED) is 0.0805. The molecular weight excluding hydrogens is 644 g/mol. The summed E-state index contributed by atoms with van der Waals surface area (Å²) in [5.41, 5.74) is 6.16. The molecule has 4 heterocycles. The molecule has 0 saturated carbocycles. The minimum Gasteiger partial charge on any atom is -0.394 e. The number of anilines is 1. The summed E-state index contributed by atoms with van der Waals surface area (Å²) in [6.07, 6.45) is -13.2. The number of ether oxygens (including phenoxy) is 2. The number of aliphatic hydroxyl groups excluding tert-OH is 6. The number of aliphatic hydroxyl groups is 7. The Morgan fingerprint density at radius 3 is 2.58 bits per heavy atom. The molecule has 0 amide bonds. The number of fused-ring (bicyclic) bond motifs is 1. The maximum absolute atomic E-state index is 12.6. The zero-order valence-electron chi connectivity index (χ0n) is 21.7. The molecule has 12 atom stereocenters. The van der Waals surface area contributed by atoms with Crippen LogP contribution < -0.4 is 5.73 Å². The Balaban J connectivity index is 1.46. The number of rotatable bonds is 11. The van der Waals surface area contributed by atoms with Crippen molar-refractivity contribution in [2.75, 3.05) is 18.9 Å². The van der Waals surface area contributed by atoms with E-state index in [1.54, 1.807) is 0 Å². The van der Waals surface area contributed by atoms with Gasteiger partial charge < -0.3 is 65.3 Å². The van der Waals surface area contributed by atoms with Crippen molar-refractivity contribution in [2.45, 2.75) is 60.7 Å². The van der Waals surface area contributed by atoms with Crippen LogP contribution in [0.2, 0.25) is 0 Å². The van der Waals surface area contributed by atoms with Crippen LogP contribution in [0.1, 0.15) is 11.8 Å². The van der Waals surface area contributed by atoms with Gasteiger partial charge in [-0.2, -0.15) is 5.10 Å². The summed E-state index contributed by atoms with van der Waals surface area (Å²) >= 11 is 4.75. The Morgan fingerprint density at radius 2 is 1.93 bits per heavy atom. The van der Waals surface area contributed by atoms with Crippen LogP contribution in [-0.4, -0.2) is 133 Å². The van der Waals surface area contributed by atoms with Crippen molar-refractivity contribution in [3.63, 3.8) is 0 Å². The molecule has 11 N–H and O–H groups in total. The number of nitrogen functional groups attached to an aromatic ring is 1. The first-order valence-corrected chi connectivity index (χ1v) is 16.2. The van der Waals surface area contributed by atoms with Crippen molar-refractivity contribution in [1.29, 1.82) is 0 Å². The van der Waals surface area contributed by atoms with E-state index in [0.717, 1.165) is 12.4 Å². The molecule has 0 radical (unpaired) electrons. The Hall–Kier alpha value is -1.81. The van der Waals surface area contributed by atoms with Crippen molar-refractivity contribution < 1.29 is 72.9 Å². The summed E-state index contributed by atoms with van der Waals surface area (Å²) < 4.78 is 38.8. The van der Waals surface area contributed by atoms with Crippen molar-refractivity contribution in [2.24, 2.45) is 0 Å². The van der Waals surface area contributed by atoms with E-state index < -0.39 is 88.5 Å². The van der Waals surface area contributed by atoms with Gasteiger partial charge in [0, 0.05) is 0 Å². The summed E-state index contributed by atoms with van der Waals surface area (Å²) in [5, 5.41) is 75.1. The van der Waals surface area contributed by atoms with E-state index in [1.165, 1.54) is 10.7 Å². The molecule has 7 unspecified atom stereocenters. The van der Waals surface area contributed by atoms with Gasteiger partial charge in [0.2, 0.25) is 0 Å². The van der Waals surface area contributed by atoms with E-state index in [2.05, 4.69) is 36.2 Å². The molecule has 2 fully saturated rings. The Morgan fingerprint density at radius 1 is 1.23 bits per heavy atom. The molecule has 0 aromatic carbocycles. The second-order valence-electron chi connectivity index (χ2n) is 9.41. The highest BCUT2D eigenvalue weighted by molar-refractivity contribution is 8.08. The Kier molecular flexibility index (Phi) is 10.2. The molecule has 20 nitrogen and oxygen atoms in total. The fraction of sp³-hybridized carbons (Fsp3) is 0.600. The fourth-order valence-corrected chi connectivity index (χ4v) is 7.56. The molecule has 2 aromatic heterocycles. The van der Waals surface area contributed by atoms with Gasteiger partial charge in [0.15, 0.2) is 23.4 Å². The van der Waals surface area contributed by atoms with Crippen molar-refractivity contribution >= 4 is 37.8 Å². The number of hydrogen-bond donors (Lipinski definition) is 10. The number of phosphoric ester groups is 1. The first kappa shape index (κ1) is 34.1. The number of nitrogens with two attached hydrogens (primary N) is 1. The van der Waals surface area contributed by atoms with Gasteiger partial charge in [0.25, 0.3) is 0 Å². The molecule has 23 heteroatoms. The third kappa shape index (κ3) is 6.90. The Labute approximate surface area is 246 Å². The van der Waals surface area contributed by atoms with E-state index in [4.69, 9.17) is 36.6 Å². The lowest BCUT2D eigenvalue weighted by Gasteiger charge is -2.41. The van der Waals surface area contributed by atoms with Crippen LogP contribution in [0.25, 0.3) is 5.65 Å². The van der Waals surface area contributed by atoms with Crippen LogP contribution in [-0.2, 0) is 39.2 Å². The van der Waals surface area contributed by atoms with Gasteiger partial charge in [-0.1, -0.05) is 6.58 Å². The summed E-state index contributed by atoms with van der Waals surface area (Å²) in [6, 6.07) is 0. The lowest BCUT2D eigenvalue weighted by molar-refractivity contribution is -0.292. The zero-order valence-corrected chi connectivity index (χ0v) is 24.3. The highest BCUT2D eigenvalue weighted by Crippen LogP contribution is 2.62. The lowest BCUT2D eigenvalue weighted by atomic mass is 9.89. The third-order valence-corrected chi connectivity index (χ3v) is 10.1. The number of phosphoric acid groups is 1. The molecule has 2 aliphatic rings. The molecule has 2 saturated heterocycles. The lowest BCUT2D eigenvalue weighted by Crippen LogP contribution is -2.61. The van der Waals surface area contributed by atoms with E-state index in [0.29, 0.717) is 0 Å². The summed E-state index contributed by atoms with van der Waals surface area (Å²) in [7, 11) is -5.49. The van der Waals surface area contributed by atoms with E-state index in [1.807, 2.05) is 0 Å². The predicted octanol–water partition coefficient (Wildman–Crippen LogP) is -3.89. The molecule has 2 aliphatic heterocycles.